The molecule has 2 aromatic carbocycles. The van der Waals surface area contributed by atoms with Gasteiger partial charge in [0.25, 0.3) is 11.8 Å². The second-order valence-electron chi connectivity index (χ2n) is 9.89. The van der Waals surface area contributed by atoms with Gasteiger partial charge in [-0.25, -0.2) is 14.4 Å². The van der Waals surface area contributed by atoms with E-state index in [9.17, 15) is 22.4 Å². The molecular weight excluding hydrogens is 514 g/mol. The summed E-state index contributed by atoms with van der Waals surface area (Å²) in [5.41, 5.74) is 5.62. The van der Waals surface area contributed by atoms with Crippen LogP contribution in [0.3, 0.4) is 0 Å². The van der Waals surface area contributed by atoms with Gasteiger partial charge in [-0.1, -0.05) is 24.3 Å². The quantitative estimate of drug-likeness (QED) is 0.415. The largest absolute Gasteiger partial charge is 0.470 e. The maximum Gasteiger partial charge on any atom is 0.419 e. The van der Waals surface area contributed by atoms with Crippen molar-refractivity contribution >= 4 is 11.7 Å². The maximum atomic E-state index is 13.9. The summed E-state index contributed by atoms with van der Waals surface area (Å²) in [6, 6.07) is 10.2. The summed E-state index contributed by atoms with van der Waals surface area (Å²) in [6.07, 6.45) is 0.946. The van der Waals surface area contributed by atoms with Crippen LogP contribution in [0.5, 0.6) is 5.88 Å². The minimum Gasteiger partial charge on any atom is -0.470 e. The van der Waals surface area contributed by atoms with Crippen LogP contribution < -0.4 is 10.5 Å². The molecule has 1 aromatic heterocycles. The van der Waals surface area contributed by atoms with Crippen LogP contribution in [-0.4, -0.2) is 57.9 Å². The highest BCUT2D eigenvalue weighted by atomic mass is 19.4. The number of nitrogen functional groups attached to an aromatic ring is 1. The van der Waals surface area contributed by atoms with E-state index < -0.39 is 24.2 Å². The molecule has 5 rings (SSSR count). The predicted molar refractivity (Wildman–Crippen MR) is 137 cm³/mol. The molecule has 2 aliphatic heterocycles. The lowest BCUT2D eigenvalue weighted by Gasteiger charge is -2.28. The van der Waals surface area contributed by atoms with Crippen LogP contribution in [0.25, 0.3) is 11.3 Å². The van der Waals surface area contributed by atoms with Gasteiger partial charge in [0.05, 0.1) is 17.5 Å². The fraction of sp³-hybridized carbons (Fsp3) is 0.393. The number of hydrogen-bond donors (Lipinski definition) is 1. The molecule has 0 bridgehead atoms. The van der Waals surface area contributed by atoms with Crippen LogP contribution in [0.2, 0.25) is 0 Å². The van der Waals surface area contributed by atoms with Crippen LogP contribution in [0.1, 0.15) is 47.2 Å². The van der Waals surface area contributed by atoms with Crippen LogP contribution in [0, 0.1) is 5.82 Å². The fourth-order valence-electron chi connectivity index (χ4n) is 5.28. The molecule has 0 unspecified atom stereocenters. The Labute approximate surface area is 223 Å². The molecule has 206 valence electrons. The summed E-state index contributed by atoms with van der Waals surface area (Å²) in [5, 5.41) is 0. The normalized spacial score (nSPS) is 18.1. The van der Waals surface area contributed by atoms with E-state index in [0.29, 0.717) is 16.8 Å². The monoisotopic (exact) mass is 543 g/mol. The van der Waals surface area contributed by atoms with Crippen molar-refractivity contribution in [1.82, 2.24) is 19.8 Å². The standard InChI is InChI=1S/C28H29F4N5O2/c29-22-7-3-5-20(24(22)28(30,31)32)17-39-26-25(33)34-15-23(35-26)18-8-10-19(11-9-18)27(38)37-14-4-6-21(37)16-36-12-1-2-13-36/h3,5,7-11,15,21H,1-2,4,6,12-14,16-17H2,(H2,33,34)/t21-/m0/s1. The third kappa shape index (κ3) is 5.98. The molecule has 2 aliphatic rings. The van der Waals surface area contributed by atoms with Crippen LogP contribution in [0.15, 0.2) is 48.7 Å². The molecule has 0 aliphatic carbocycles. The highest BCUT2D eigenvalue weighted by Gasteiger charge is 2.37. The summed E-state index contributed by atoms with van der Waals surface area (Å²) in [7, 11) is 0. The lowest BCUT2D eigenvalue weighted by Crippen LogP contribution is -2.42. The molecule has 7 nitrogen and oxygen atoms in total. The number of rotatable bonds is 7. The Balaban J connectivity index is 1.29. The van der Waals surface area contributed by atoms with Crippen molar-refractivity contribution in [3.8, 4) is 17.1 Å². The second kappa shape index (κ2) is 11.2. The van der Waals surface area contributed by atoms with Crippen molar-refractivity contribution in [3.63, 3.8) is 0 Å². The zero-order chi connectivity index (χ0) is 27.6. The average molecular weight is 544 g/mol. The summed E-state index contributed by atoms with van der Waals surface area (Å²) in [4.78, 5) is 26.0. The molecular formula is C28H29F4N5O2. The molecule has 0 spiro atoms. The minimum atomic E-state index is -4.88. The van der Waals surface area contributed by atoms with Gasteiger partial charge in [0.2, 0.25) is 0 Å². The van der Waals surface area contributed by atoms with E-state index in [1.807, 2.05) is 4.90 Å². The number of benzene rings is 2. The van der Waals surface area contributed by atoms with Crippen LogP contribution in [0.4, 0.5) is 23.4 Å². The van der Waals surface area contributed by atoms with Crippen molar-refractivity contribution in [2.24, 2.45) is 0 Å². The van der Waals surface area contributed by atoms with Gasteiger partial charge in [-0.2, -0.15) is 13.2 Å². The van der Waals surface area contributed by atoms with Gasteiger partial charge in [-0.15, -0.1) is 0 Å². The number of carbonyl (C=O) groups is 1. The maximum absolute atomic E-state index is 13.9. The van der Waals surface area contributed by atoms with E-state index in [1.165, 1.54) is 25.1 Å². The van der Waals surface area contributed by atoms with E-state index in [0.717, 1.165) is 51.2 Å². The molecule has 2 N–H and O–H groups in total. The number of aromatic nitrogens is 2. The Morgan fingerprint density at radius 3 is 2.51 bits per heavy atom. The molecule has 2 saturated heterocycles. The predicted octanol–water partition coefficient (Wildman–Crippen LogP) is 5.16. The number of ether oxygens (including phenoxy) is 1. The van der Waals surface area contributed by atoms with Gasteiger partial charge in [0.1, 0.15) is 12.4 Å². The molecule has 0 radical (unpaired) electrons. The Kier molecular flexibility index (Phi) is 7.69. The number of halogens is 4. The van der Waals surface area contributed by atoms with Crippen molar-refractivity contribution in [2.45, 2.75) is 44.5 Å². The first-order valence-corrected chi connectivity index (χ1v) is 12.9. The number of nitrogens with zero attached hydrogens (tertiary/aromatic N) is 4. The number of hydrogen-bond acceptors (Lipinski definition) is 6. The van der Waals surface area contributed by atoms with E-state index in [-0.39, 0.29) is 29.2 Å². The molecule has 11 heteroatoms. The number of carbonyl (C=O) groups excluding carboxylic acids is 1. The number of amides is 1. The minimum absolute atomic E-state index is 0.00813. The molecule has 3 aromatic rings. The average Bonchev–Trinajstić information content (AvgIpc) is 3.60. The van der Waals surface area contributed by atoms with E-state index in [2.05, 4.69) is 14.9 Å². The van der Waals surface area contributed by atoms with Gasteiger partial charge in [-0.05, 0) is 57.0 Å². The number of anilines is 1. The Hall–Kier alpha value is -3.73. The van der Waals surface area contributed by atoms with E-state index in [4.69, 9.17) is 10.5 Å². The van der Waals surface area contributed by atoms with Gasteiger partial charge >= 0.3 is 6.18 Å². The highest BCUT2D eigenvalue weighted by molar-refractivity contribution is 5.95. The zero-order valence-electron chi connectivity index (χ0n) is 21.3. The molecule has 0 saturated carbocycles. The Morgan fingerprint density at radius 1 is 1.05 bits per heavy atom. The Morgan fingerprint density at radius 2 is 1.79 bits per heavy atom. The molecule has 1 atom stereocenters. The topological polar surface area (TPSA) is 84.6 Å². The first-order valence-electron chi connectivity index (χ1n) is 12.9. The first-order chi connectivity index (χ1) is 18.7. The Bertz CT molecular complexity index is 1330. The molecule has 39 heavy (non-hydrogen) atoms. The van der Waals surface area contributed by atoms with Crippen molar-refractivity contribution in [1.29, 1.82) is 0 Å². The third-order valence-electron chi connectivity index (χ3n) is 7.25. The van der Waals surface area contributed by atoms with Crippen LogP contribution >= 0.6 is 0 Å². The van der Waals surface area contributed by atoms with E-state index in [1.54, 1.807) is 24.3 Å². The van der Waals surface area contributed by atoms with Gasteiger partial charge in [0.15, 0.2) is 5.82 Å². The SMILES string of the molecule is Nc1ncc(-c2ccc(C(=O)N3CCC[C@H]3CN3CCCC3)cc2)nc1OCc1cccc(F)c1C(F)(F)F. The number of likely N-dealkylation sites (tertiary alicyclic amines) is 2. The number of alkyl halides is 3. The second-order valence-corrected chi connectivity index (χ2v) is 9.89. The highest BCUT2D eigenvalue weighted by Crippen LogP contribution is 2.35. The first kappa shape index (κ1) is 26.9. The van der Waals surface area contributed by atoms with Crippen molar-refractivity contribution in [2.75, 3.05) is 31.9 Å². The van der Waals surface area contributed by atoms with Gasteiger partial charge < -0.3 is 20.3 Å². The number of nitrogens with two attached hydrogens (primary N) is 1. The van der Waals surface area contributed by atoms with Gasteiger partial charge in [0, 0.05) is 35.8 Å². The fourth-order valence-corrected chi connectivity index (χ4v) is 5.28. The summed E-state index contributed by atoms with van der Waals surface area (Å²) >= 11 is 0. The van der Waals surface area contributed by atoms with E-state index >= 15 is 0 Å². The van der Waals surface area contributed by atoms with Gasteiger partial charge in [-0.3, -0.25) is 4.79 Å². The van der Waals surface area contributed by atoms with Crippen LogP contribution in [-0.2, 0) is 12.8 Å². The summed E-state index contributed by atoms with van der Waals surface area (Å²) in [6.45, 7) is 3.23. The molecule has 1 amide bonds. The zero-order valence-corrected chi connectivity index (χ0v) is 21.3. The molecule has 2 fully saturated rings. The molecule has 3 heterocycles. The third-order valence-corrected chi connectivity index (χ3v) is 7.25. The smallest absolute Gasteiger partial charge is 0.419 e. The van der Waals surface area contributed by atoms with Crippen molar-refractivity contribution in [3.05, 3.63) is 71.2 Å². The summed E-state index contributed by atoms with van der Waals surface area (Å²) < 4.78 is 59.3. The summed E-state index contributed by atoms with van der Waals surface area (Å²) in [5.74, 6) is -1.69. The lowest BCUT2D eigenvalue weighted by molar-refractivity contribution is -0.141. The lowest BCUT2D eigenvalue weighted by atomic mass is 10.1. The van der Waals surface area contributed by atoms with Crippen molar-refractivity contribution < 1.29 is 27.1 Å².